The number of nitrogens with one attached hydrogen (secondary N) is 1. The minimum atomic E-state index is -1.03. The predicted molar refractivity (Wildman–Crippen MR) is 148 cm³/mol. The second-order valence-electron chi connectivity index (χ2n) is 9.97. The van der Waals surface area contributed by atoms with E-state index in [4.69, 9.17) is 9.15 Å². The van der Waals surface area contributed by atoms with Gasteiger partial charge in [0.25, 0.3) is 5.91 Å². The smallest absolute Gasteiger partial charge is 0.416 e. The van der Waals surface area contributed by atoms with Gasteiger partial charge in [0, 0.05) is 16.3 Å². The van der Waals surface area contributed by atoms with Crippen molar-refractivity contribution in [3.63, 3.8) is 0 Å². The highest BCUT2D eigenvalue weighted by Gasteiger charge is 2.52. The van der Waals surface area contributed by atoms with E-state index >= 15 is 0 Å². The first kappa shape index (κ1) is 25.1. The van der Waals surface area contributed by atoms with Crippen LogP contribution < -0.4 is 10.2 Å². The maximum atomic E-state index is 13.6. The molecule has 6 rings (SSSR count). The summed E-state index contributed by atoms with van der Waals surface area (Å²) in [5.74, 6) is -0.506. The molecule has 3 amide bonds. The molecular formula is C26H24IN5O5S. The van der Waals surface area contributed by atoms with E-state index < -0.39 is 17.2 Å². The minimum absolute atomic E-state index is 0.143. The van der Waals surface area contributed by atoms with Gasteiger partial charge >= 0.3 is 6.09 Å². The van der Waals surface area contributed by atoms with Gasteiger partial charge in [-0.25, -0.2) is 14.7 Å². The van der Waals surface area contributed by atoms with Gasteiger partial charge in [-0.3, -0.25) is 12.7 Å². The average Bonchev–Trinajstić information content (AvgIpc) is 3.28. The van der Waals surface area contributed by atoms with Crippen molar-refractivity contribution in [1.82, 2.24) is 13.4 Å². The van der Waals surface area contributed by atoms with Crippen molar-refractivity contribution >= 4 is 68.2 Å². The molecule has 3 fully saturated rings. The SMILES string of the molecule is N#CC1(NC(=O)C2(N(I)C(=O)c3cc4ccc(-c5csc(N6CCOC6=O)n5)cc4o3)CCCCC2)CC1. The second kappa shape index (κ2) is 9.53. The summed E-state index contributed by atoms with van der Waals surface area (Å²) < 4.78 is 12.5. The van der Waals surface area contributed by atoms with Crippen molar-refractivity contribution in [2.24, 2.45) is 0 Å². The molecule has 3 aliphatic rings. The zero-order chi connectivity index (χ0) is 26.5. The first-order chi connectivity index (χ1) is 18.3. The fourth-order valence-corrected chi connectivity index (χ4v) is 6.84. The number of carbonyl (C=O) groups is 3. The highest BCUT2D eigenvalue weighted by Crippen LogP contribution is 2.41. The third kappa shape index (κ3) is 4.31. The summed E-state index contributed by atoms with van der Waals surface area (Å²) >= 11 is 3.29. The van der Waals surface area contributed by atoms with Crippen LogP contribution in [-0.2, 0) is 9.53 Å². The molecule has 1 N–H and O–H groups in total. The molecule has 196 valence electrons. The fraction of sp³-hybridized carbons (Fsp3) is 0.423. The van der Waals surface area contributed by atoms with E-state index in [0.717, 1.165) is 30.2 Å². The van der Waals surface area contributed by atoms with Crippen LogP contribution in [0.1, 0.15) is 55.5 Å². The van der Waals surface area contributed by atoms with Crippen LogP contribution in [0.25, 0.3) is 22.2 Å². The van der Waals surface area contributed by atoms with Gasteiger partial charge in [0.15, 0.2) is 10.9 Å². The quantitative estimate of drug-likeness (QED) is 0.289. The fourth-order valence-electron chi connectivity index (χ4n) is 5.05. The average molecular weight is 645 g/mol. The van der Waals surface area contributed by atoms with E-state index in [9.17, 15) is 19.6 Å². The van der Waals surface area contributed by atoms with Gasteiger partial charge in [0.1, 0.15) is 23.3 Å². The summed E-state index contributed by atoms with van der Waals surface area (Å²) in [6.45, 7) is 0.817. The lowest BCUT2D eigenvalue weighted by molar-refractivity contribution is -0.131. The van der Waals surface area contributed by atoms with Crippen molar-refractivity contribution in [2.75, 3.05) is 18.1 Å². The Hall–Kier alpha value is -3.18. The van der Waals surface area contributed by atoms with E-state index in [1.54, 1.807) is 6.07 Å². The number of fused-ring (bicyclic) bond motifs is 1. The summed E-state index contributed by atoms with van der Waals surface area (Å²) in [4.78, 5) is 45.0. The standard InChI is InChI=1S/C26H24IN5O5S/c27-32(26(6-2-1-3-7-26)22(34)30-25(15-28)8-9-25)21(33)20-13-17-5-4-16(12-19(17)37-20)18-14-38-23(29-18)31-10-11-36-24(31)35/h4-5,12-14H,1-3,6-11H2,(H,30,34). The molecule has 0 atom stereocenters. The van der Waals surface area contributed by atoms with E-state index in [1.807, 2.05) is 46.4 Å². The number of nitrogens with zero attached hydrogens (tertiary/aromatic N) is 4. The molecular weight excluding hydrogens is 621 g/mol. The molecule has 38 heavy (non-hydrogen) atoms. The van der Waals surface area contributed by atoms with Crippen LogP contribution in [0, 0.1) is 11.3 Å². The lowest BCUT2D eigenvalue weighted by atomic mass is 9.80. The predicted octanol–water partition coefficient (Wildman–Crippen LogP) is 5.18. The molecule has 10 nitrogen and oxygen atoms in total. The number of furan rings is 1. The second-order valence-corrected chi connectivity index (χ2v) is 11.8. The first-order valence-electron chi connectivity index (χ1n) is 12.5. The molecule has 2 aliphatic carbocycles. The number of hydrogen-bond acceptors (Lipinski definition) is 8. The van der Waals surface area contributed by atoms with Crippen LogP contribution in [0.2, 0.25) is 0 Å². The van der Waals surface area contributed by atoms with Gasteiger partial charge in [0.05, 0.1) is 41.2 Å². The van der Waals surface area contributed by atoms with Crippen LogP contribution in [0.3, 0.4) is 0 Å². The molecule has 0 unspecified atom stereocenters. The molecule has 1 aliphatic heterocycles. The number of thiazole rings is 1. The lowest BCUT2D eigenvalue weighted by Gasteiger charge is -2.41. The van der Waals surface area contributed by atoms with E-state index in [1.165, 1.54) is 19.4 Å². The van der Waals surface area contributed by atoms with Crippen LogP contribution in [0.4, 0.5) is 9.93 Å². The number of cyclic esters (lactones) is 1. The number of benzene rings is 1. The number of nitriles is 1. The molecule has 2 aromatic heterocycles. The third-order valence-corrected chi connectivity index (χ3v) is 9.71. The number of aromatic nitrogens is 1. The van der Waals surface area contributed by atoms with Gasteiger partial charge in [-0.05, 0) is 37.8 Å². The van der Waals surface area contributed by atoms with Crippen LogP contribution in [-0.4, -0.2) is 50.2 Å². The van der Waals surface area contributed by atoms with Gasteiger partial charge in [-0.15, -0.1) is 11.3 Å². The zero-order valence-electron chi connectivity index (χ0n) is 20.4. The summed E-state index contributed by atoms with van der Waals surface area (Å²) in [5, 5.41) is 15.6. The topological polar surface area (TPSA) is 129 Å². The largest absolute Gasteiger partial charge is 0.451 e. The van der Waals surface area contributed by atoms with Crippen molar-refractivity contribution in [3.05, 3.63) is 35.4 Å². The van der Waals surface area contributed by atoms with Gasteiger partial charge < -0.3 is 14.5 Å². The number of carbonyl (C=O) groups excluding carboxylic acids is 3. The maximum absolute atomic E-state index is 13.6. The molecule has 0 radical (unpaired) electrons. The number of amides is 3. The summed E-state index contributed by atoms with van der Waals surface area (Å²) in [7, 11) is 0. The van der Waals surface area contributed by atoms with E-state index in [0.29, 0.717) is 55.2 Å². The van der Waals surface area contributed by atoms with Gasteiger partial charge in [-0.2, -0.15) is 5.26 Å². The number of rotatable bonds is 6. The molecule has 2 saturated carbocycles. The molecule has 0 spiro atoms. The Morgan fingerprint density at radius 2 is 1.97 bits per heavy atom. The van der Waals surface area contributed by atoms with E-state index in [-0.39, 0.29) is 17.6 Å². The Labute approximate surface area is 236 Å². The molecule has 3 aromatic rings. The van der Waals surface area contributed by atoms with Crippen molar-refractivity contribution < 1.29 is 23.5 Å². The van der Waals surface area contributed by atoms with Crippen molar-refractivity contribution in [3.8, 4) is 17.3 Å². The van der Waals surface area contributed by atoms with Crippen molar-refractivity contribution in [1.29, 1.82) is 5.26 Å². The maximum Gasteiger partial charge on any atom is 0.416 e. The van der Waals surface area contributed by atoms with Gasteiger partial charge in [0.2, 0.25) is 5.91 Å². The minimum Gasteiger partial charge on any atom is -0.451 e. The lowest BCUT2D eigenvalue weighted by Crippen LogP contribution is -2.59. The van der Waals surface area contributed by atoms with Crippen LogP contribution >= 0.6 is 34.2 Å². The molecule has 1 aromatic carbocycles. The number of halogens is 1. The Balaban J connectivity index is 1.25. The zero-order valence-corrected chi connectivity index (χ0v) is 23.3. The summed E-state index contributed by atoms with van der Waals surface area (Å²) in [5.41, 5.74) is 0.175. The Kier molecular flexibility index (Phi) is 6.30. The van der Waals surface area contributed by atoms with Crippen LogP contribution in [0.5, 0.6) is 0 Å². The monoisotopic (exact) mass is 645 g/mol. The number of ether oxygens (including phenoxy) is 1. The third-order valence-electron chi connectivity index (χ3n) is 7.48. The van der Waals surface area contributed by atoms with Gasteiger partial charge in [-0.1, -0.05) is 31.4 Å². The molecule has 3 heterocycles. The first-order valence-corrected chi connectivity index (χ1v) is 14.4. The Morgan fingerprint density at radius 1 is 1.18 bits per heavy atom. The Bertz CT molecular complexity index is 1480. The Morgan fingerprint density at radius 3 is 2.66 bits per heavy atom. The summed E-state index contributed by atoms with van der Waals surface area (Å²) in [6.07, 6.45) is 4.60. The molecule has 0 bridgehead atoms. The molecule has 1 saturated heterocycles. The number of anilines is 1. The number of hydrogen-bond donors (Lipinski definition) is 1. The highest BCUT2D eigenvalue weighted by molar-refractivity contribution is 14.1. The van der Waals surface area contributed by atoms with E-state index in [2.05, 4.69) is 16.4 Å². The normalized spacial score (nSPS) is 19.6. The summed E-state index contributed by atoms with van der Waals surface area (Å²) in [6, 6.07) is 9.46. The van der Waals surface area contributed by atoms with Crippen molar-refractivity contribution in [2.45, 2.75) is 56.0 Å². The molecule has 12 heteroatoms. The van der Waals surface area contributed by atoms with Crippen LogP contribution in [0.15, 0.2) is 34.1 Å². The highest BCUT2D eigenvalue weighted by atomic mass is 127.